The highest BCUT2D eigenvalue weighted by Gasteiger charge is 2.37. The van der Waals surface area contributed by atoms with Crippen LogP contribution in [0.25, 0.3) is 10.8 Å². The number of aliphatic hydroxyl groups is 1. The molecule has 35 heavy (non-hydrogen) atoms. The third-order valence-electron chi connectivity index (χ3n) is 6.84. The molecule has 0 radical (unpaired) electrons. The van der Waals surface area contributed by atoms with Gasteiger partial charge in [0, 0.05) is 32.0 Å². The van der Waals surface area contributed by atoms with E-state index in [1.807, 2.05) is 56.3 Å². The van der Waals surface area contributed by atoms with Crippen LogP contribution in [0.5, 0.6) is 0 Å². The lowest BCUT2D eigenvalue weighted by atomic mass is 10.00. The van der Waals surface area contributed by atoms with E-state index in [4.69, 9.17) is 5.73 Å². The number of nitrogens with zero attached hydrogens (tertiary/aromatic N) is 1. The van der Waals surface area contributed by atoms with Gasteiger partial charge in [-0.3, -0.25) is 14.4 Å². The number of aliphatic hydroxyl groups excluding tert-OH is 1. The van der Waals surface area contributed by atoms with Crippen molar-refractivity contribution in [2.75, 3.05) is 19.6 Å². The average molecular weight is 483 g/mol. The zero-order valence-corrected chi connectivity index (χ0v) is 20.7. The molecule has 2 aromatic rings. The number of likely N-dealkylation sites (tertiary alicyclic amines) is 1. The van der Waals surface area contributed by atoms with Gasteiger partial charge in [-0.1, -0.05) is 56.3 Å². The highest BCUT2D eigenvalue weighted by atomic mass is 16.3. The molecule has 8 nitrogen and oxygen atoms in total. The van der Waals surface area contributed by atoms with Crippen LogP contribution in [-0.2, 0) is 20.8 Å². The Morgan fingerprint density at radius 2 is 1.83 bits per heavy atom. The largest absolute Gasteiger partial charge is 0.390 e. The van der Waals surface area contributed by atoms with Crippen molar-refractivity contribution in [3.8, 4) is 0 Å². The molecule has 1 saturated heterocycles. The molecule has 5 N–H and O–H groups in total. The van der Waals surface area contributed by atoms with Gasteiger partial charge in [-0.15, -0.1) is 0 Å². The number of benzene rings is 2. The summed E-state index contributed by atoms with van der Waals surface area (Å²) in [5, 5.41) is 17.5. The molecule has 0 spiro atoms. The second-order valence-corrected chi connectivity index (χ2v) is 9.28. The molecule has 190 valence electrons. The first-order valence-electron chi connectivity index (χ1n) is 12.6. The van der Waals surface area contributed by atoms with Crippen LogP contribution in [-0.4, -0.2) is 65.5 Å². The summed E-state index contributed by atoms with van der Waals surface area (Å²) in [5.41, 5.74) is 6.36. The third kappa shape index (κ3) is 6.80. The Labute approximate surface area is 207 Å². The lowest BCUT2D eigenvalue weighted by molar-refractivity contribution is -0.142. The minimum Gasteiger partial charge on any atom is -0.390 e. The van der Waals surface area contributed by atoms with Gasteiger partial charge in [0.25, 0.3) is 0 Å². The number of nitrogens with one attached hydrogen (secondary N) is 2. The summed E-state index contributed by atoms with van der Waals surface area (Å²) in [5.74, 6) is -0.802. The minimum absolute atomic E-state index is 0.00213. The van der Waals surface area contributed by atoms with Gasteiger partial charge in [-0.2, -0.15) is 0 Å². The fraction of sp³-hybridized carbons (Fsp3) is 0.519. The number of rotatable bonds is 11. The van der Waals surface area contributed by atoms with Crippen molar-refractivity contribution < 1.29 is 19.5 Å². The predicted octanol–water partition coefficient (Wildman–Crippen LogP) is 1.73. The monoisotopic (exact) mass is 482 g/mol. The van der Waals surface area contributed by atoms with Gasteiger partial charge in [0.05, 0.1) is 6.10 Å². The summed E-state index contributed by atoms with van der Waals surface area (Å²) in [6.07, 6.45) is 2.22. The number of carbonyl (C=O) groups is 3. The van der Waals surface area contributed by atoms with Gasteiger partial charge >= 0.3 is 0 Å². The van der Waals surface area contributed by atoms with Crippen molar-refractivity contribution in [3.05, 3.63) is 48.0 Å². The maximum atomic E-state index is 13.3. The van der Waals surface area contributed by atoms with E-state index in [0.29, 0.717) is 13.0 Å². The van der Waals surface area contributed by atoms with E-state index in [0.717, 1.165) is 35.6 Å². The number of carbonyl (C=O) groups excluding carboxylic acids is 3. The Morgan fingerprint density at radius 3 is 2.51 bits per heavy atom. The first-order valence-corrected chi connectivity index (χ1v) is 12.6. The van der Waals surface area contributed by atoms with E-state index in [-0.39, 0.29) is 37.2 Å². The third-order valence-corrected chi connectivity index (χ3v) is 6.84. The number of fused-ring (bicyclic) bond motifs is 1. The van der Waals surface area contributed by atoms with E-state index < -0.39 is 24.1 Å². The van der Waals surface area contributed by atoms with Crippen LogP contribution in [0.3, 0.4) is 0 Å². The maximum absolute atomic E-state index is 13.3. The van der Waals surface area contributed by atoms with Crippen molar-refractivity contribution in [3.63, 3.8) is 0 Å². The van der Waals surface area contributed by atoms with Gasteiger partial charge in [0.1, 0.15) is 12.1 Å². The van der Waals surface area contributed by atoms with Gasteiger partial charge in [-0.05, 0) is 42.0 Å². The molecule has 1 heterocycles. The average Bonchev–Trinajstić information content (AvgIpc) is 3.37. The van der Waals surface area contributed by atoms with Crippen molar-refractivity contribution >= 4 is 28.5 Å². The molecule has 1 aliphatic rings. The molecule has 3 amide bonds. The van der Waals surface area contributed by atoms with Crippen molar-refractivity contribution in [1.29, 1.82) is 0 Å². The summed E-state index contributed by atoms with van der Waals surface area (Å²) in [6, 6.07) is 12.5. The van der Waals surface area contributed by atoms with E-state index in [1.165, 1.54) is 0 Å². The molecule has 2 aromatic carbocycles. The number of amides is 3. The Morgan fingerprint density at radius 1 is 1.11 bits per heavy atom. The van der Waals surface area contributed by atoms with Gasteiger partial charge in [-0.25, -0.2) is 0 Å². The van der Waals surface area contributed by atoms with Crippen LogP contribution in [0, 0.1) is 5.92 Å². The summed E-state index contributed by atoms with van der Waals surface area (Å²) < 4.78 is 0. The Hall–Kier alpha value is -2.97. The summed E-state index contributed by atoms with van der Waals surface area (Å²) in [6.45, 7) is 4.55. The molecule has 0 aliphatic carbocycles. The molecule has 0 bridgehead atoms. The maximum Gasteiger partial charge on any atom is 0.243 e. The molecule has 3 atom stereocenters. The van der Waals surface area contributed by atoms with Gasteiger partial charge in [0.15, 0.2) is 0 Å². The van der Waals surface area contributed by atoms with Crippen LogP contribution in [0.2, 0.25) is 0 Å². The van der Waals surface area contributed by atoms with Crippen LogP contribution in [0.1, 0.15) is 45.1 Å². The van der Waals surface area contributed by atoms with Crippen molar-refractivity contribution in [2.45, 2.75) is 64.1 Å². The van der Waals surface area contributed by atoms with Gasteiger partial charge < -0.3 is 26.4 Å². The lowest BCUT2D eigenvalue weighted by Crippen LogP contribution is -2.55. The molecule has 3 rings (SSSR count). The number of nitrogens with two attached hydrogens (primary N) is 1. The molecule has 1 aliphatic heterocycles. The highest BCUT2D eigenvalue weighted by molar-refractivity contribution is 5.93. The van der Waals surface area contributed by atoms with Crippen molar-refractivity contribution in [2.24, 2.45) is 11.7 Å². The van der Waals surface area contributed by atoms with E-state index >= 15 is 0 Å². The molecule has 0 aromatic heterocycles. The Kier molecular flexibility index (Phi) is 9.63. The van der Waals surface area contributed by atoms with Crippen molar-refractivity contribution in [1.82, 2.24) is 15.5 Å². The lowest BCUT2D eigenvalue weighted by Gasteiger charge is -2.29. The van der Waals surface area contributed by atoms with E-state index in [9.17, 15) is 19.5 Å². The smallest absolute Gasteiger partial charge is 0.243 e. The number of hydrogen-bond donors (Lipinski definition) is 4. The quantitative estimate of drug-likeness (QED) is 0.388. The summed E-state index contributed by atoms with van der Waals surface area (Å²) in [7, 11) is 0. The SMILES string of the molecule is CCC(CC)C(=O)N1CCCC1C(=O)N[C@H](Cc1ccc2ccccc2c1)C(=O)NCC(O)CN. The normalized spacial score (nSPS) is 17.4. The van der Waals surface area contributed by atoms with E-state index in [1.54, 1.807) is 4.90 Å². The second-order valence-electron chi connectivity index (χ2n) is 9.28. The summed E-state index contributed by atoms with van der Waals surface area (Å²) in [4.78, 5) is 41.0. The summed E-state index contributed by atoms with van der Waals surface area (Å²) >= 11 is 0. The standard InChI is InChI=1S/C27H38N4O4/c1-3-19(4-2)27(35)31-13-7-10-24(31)26(34)30-23(25(33)29-17-22(32)16-28)15-18-11-12-20-8-5-6-9-21(20)14-18/h5-6,8-9,11-12,14,19,22-24,32H,3-4,7,10,13,15-17,28H2,1-2H3,(H,29,33)(H,30,34)/t22?,23-,24?/m1/s1. The van der Waals surface area contributed by atoms with E-state index in [2.05, 4.69) is 10.6 Å². The fourth-order valence-corrected chi connectivity index (χ4v) is 4.68. The molecule has 2 unspecified atom stereocenters. The zero-order chi connectivity index (χ0) is 25.4. The molecular formula is C27H38N4O4. The van der Waals surface area contributed by atoms with Crippen LogP contribution >= 0.6 is 0 Å². The van der Waals surface area contributed by atoms with Crippen LogP contribution in [0.15, 0.2) is 42.5 Å². The first kappa shape index (κ1) is 26.6. The Balaban J connectivity index is 1.77. The van der Waals surface area contributed by atoms with Gasteiger partial charge in [0.2, 0.25) is 17.7 Å². The van der Waals surface area contributed by atoms with Crippen LogP contribution < -0.4 is 16.4 Å². The second kappa shape index (κ2) is 12.7. The molecule has 1 fully saturated rings. The predicted molar refractivity (Wildman–Crippen MR) is 136 cm³/mol. The molecule has 0 saturated carbocycles. The Bertz CT molecular complexity index is 1020. The fourth-order valence-electron chi connectivity index (χ4n) is 4.68. The molecule has 8 heteroatoms. The van der Waals surface area contributed by atoms with Crippen LogP contribution in [0.4, 0.5) is 0 Å². The number of hydrogen-bond acceptors (Lipinski definition) is 5. The first-order chi connectivity index (χ1) is 16.9. The molecular weight excluding hydrogens is 444 g/mol. The topological polar surface area (TPSA) is 125 Å². The minimum atomic E-state index is -0.862. The zero-order valence-electron chi connectivity index (χ0n) is 20.7. The highest BCUT2D eigenvalue weighted by Crippen LogP contribution is 2.23.